The van der Waals surface area contributed by atoms with E-state index in [0.717, 1.165) is 6.42 Å². The number of thiophene rings is 1. The third kappa shape index (κ3) is 3.92. The van der Waals surface area contributed by atoms with Crippen LogP contribution in [0.4, 0.5) is 5.69 Å². The van der Waals surface area contributed by atoms with Crippen LogP contribution in [0.3, 0.4) is 0 Å². The number of methoxy groups -OCH3 is 3. The minimum Gasteiger partial charge on any atom is -0.493 e. The molecule has 0 radical (unpaired) electrons. The Labute approximate surface area is 133 Å². The van der Waals surface area contributed by atoms with Gasteiger partial charge >= 0.3 is 0 Å². The monoisotopic (exact) mass is 321 g/mol. The molecule has 0 unspecified atom stereocenters. The van der Waals surface area contributed by atoms with Gasteiger partial charge < -0.3 is 19.5 Å². The number of rotatable bonds is 7. The molecule has 0 saturated carbocycles. The number of amides is 1. The maximum absolute atomic E-state index is 12.0. The van der Waals surface area contributed by atoms with Crippen molar-refractivity contribution in [1.29, 1.82) is 0 Å². The number of nitrogens with one attached hydrogen (secondary N) is 1. The summed E-state index contributed by atoms with van der Waals surface area (Å²) in [6.07, 6.45) is 1.16. The van der Waals surface area contributed by atoms with Crippen molar-refractivity contribution in [3.63, 3.8) is 0 Å². The van der Waals surface area contributed by atoms with Gasteiger partial charge in [0, 0.05) is 29.1 Å². The van der Waals surface area contributed by atoms with Crippen molar-refractivity contribution in [3.05, 3.63) is 34.5 Å². The molecule has 1 amide bonds. The van der Waals surface area contributed by atoms with E-state index in [2.05, 4.69) is 5.32 Å². The predicted molar refractivity (Wildman–Crippen MR) is 87.4 cm³/mol. The highest BCUT2D eigenvalue weighted by atomic mass is 32.1. The van der Waals surface area contributed by atoms with Crippen LogP contribution in [0.15, 0.2) is 29.6 Å². The number of hydrogen-bond acceptors (Lipinski definition) is 5. The smallest absolute Gasteiger partial charge is 0.224 e. The standard InChI is InChI=1S/C16H19NO4S/c1-19-13-9-11(10-14(20-2)16(13)21-3)17-15(18)7-6-12-5-4-8-22-12/h4-5,8-10H,6-7H2,1-3H3,(H,17,18). The number of hydrogen-bond donors (Lipinski definition) is 1. The molecule has 1 heterocycles. The molecule has 22 heavy (non-hydrogen) atoms. The zero-order valence-electron chi connectivity index (χ0n) is 12.8. The van der Waals surface area contributed by atoms with Crippen LogP contribution in [0.1, 0.15) is 11.3 Å². The fourth-order valence-electron chi connectivity index (χ4n) is 2.07. The second kappa shape index (κ2) is 7.70. The first-order chi connectivity index (χ1) is 10.7. The summed E-state index contributed by atoms with van der Waals surface area (Å²) >= 11 is 1.65. The van der Waals surface area contributed by atoms with E-state index in [1.165, 1.54) is 4.88 Å². The predicted octanol–water partition coefficient (Wildman–Crippen LogP) is 3.35. The SMILES string of the molecule is COc1cc(NC(=O)CCc2cccs2)cc(OC)c1OC. The number of anilines is 1. The van der Waals surface area contributed by atoms with Crippen molar-refractivity contribution >= 4 is 22.9 Å². The Morgan fingerprint density at radius 1 is 1.14 bits per heavy atom. The first kappa shape index (κ1) is 16.2. The molecule has 0 aliphatic heterocycles. The van der Waals surface area contributed by atoms with E-state index in [0.29, 0.717) is 29.4 Å². The third-order valence-electron chi connectivity index (χ3n) is 3.13. The van der Waals surface area contributed by atoms with Gasteiger partial charge in [0.25, 0.3) is 0 Å². The minimum atomic E-state index is -0.0531. The summed E-state index contributed by atoms with van der Waals surface area (Å²) in [5.41, 5.74) is 0.616. The summed E-state index contributed by atoms with van der Waals surface area (Å²) in [6, 6.07) is 7.43. The van der Waals surface area contributed by atoms with Crippen LogP contribution in [0.2, 0.25) is 0 Å². The maximum atomic E-state index is 12.0. The van der Waals surface area contributed by atoms with E-state index >= 15 is 0 Å². The molecule has 0 atom stereocenters. The molecule has 0 aliphatic carbocycles. The van der Waals surface area contributed by atoms with Crippen molar-refractivity contribution in [2.24, 2.45) is 0 Å². The van der Waals surface area contributed by atoms with Gasteiger partial charge in [-0.15, -0.1) is 11.3 Å². The van der Waals surface area contributed by atoms with Crippen molar-refractivity contribution in [2.75, 3.05) is 26.6 Å². The minimum absolute atomic E-state index is 0.0531. The normalized spacial score (nSPS) is 10.1. The first-order valence-corrected chi connectivity index (χ1v) is 7.68. The number of carbonyl (C=O) groups is 1. The molecule has 2 aromatic rings. The van der Waals surface area contributed by atoms with Crippen LogP contribution < -0.4 is 19.5 Å². The lowest BCUT2D eigenvalue weighted by molar-refractivity contribution is -0.116. The molecule has 1 N–H and O–H groups in total. The second-order valence-corrected chi connectivity index (χ2v) is 5.57. The van der Waals surface area contributed by atoms with E-state index in [-0.39, 0.29) is 5.91 Å². The largest absolute Gasteiger partial charge is 0.493 e. The summed E-state index contributed by atoms with van der Waals surface area (Å²) in [5.74, 6) is 1.47. The highest BCUT2D eigenvalue weighted by Crippen LogP contribution is 2.39. The van der Waals surface area contributed by atoms with Gasteiger partial charge in [-0.05, 0) is 17.9 Å². The van der Waals surface area contributed by atoms with Crippen molar-refractivity contribution in [1.82, 2.24) is 0 Å². The maximum Gasteiger partial charge on any atom is 0.224 e. The van der Waals surface area contributed by atoms with Gasteiger partial charge in [0.05, 0.1) is 21.3 Å². The van der Waals surface area contributed by atoms with Crippen LogP contribution in [-0.2, 0) is 11.2 Å². The Morgan fingerprint density at radius 2 is 1.82 bits per heavy atom. The number of carbonyl (C=O) groups excluding carboxylic acids is 1. The molecule has 0 fully saturated rings. The Hall–Kier alpha value is -2.21. The topological polar surface area (TPSA) is 56.8 Å². The molecule has 0 saturated heterocycles. The molecule has 2 rings (SSSR count). The lowest BCUT2D eigenvalue weighted by Gasteiger charge is -2.14. The third-order valence-corrected chi connectivity index (χ3v) is 4.06. The fourth-order valence-corrected chi connectivity index (χ4v) is 2.78. The van der Waals surface area contributed by atoms with Crippen LogP contribution in [-0.4, -0.2) is 27.2 Å². The second-order valence-electron chi connectivity index (χ2n) is 4.54. The first-order valence-electron chi connectivity index (χ1n) is 6.80. The molecule has 6 heteroatoms. The van der Waals surface area contributed by atoms with Crippen molar-refractivity contribution in [2.45, 2.75) is 12.8 Å². The summed E-state index contributed by atoms with van der Waals surface area (Å²) in [6.45, 7) is 0. The van der Waals surface area contributed by atoms with E-state index in [1.807, 2.05) is 17.5 Å². The highest BCUT2D eigenvalue weighted by molar-refractivity contribution is 7.09. The van der Waals surface area contributed by atoms with Crippen molar-refractivity contribution in [3.8, 4) is 17.2 Å². The molecule has 1 aromatic heterocycles. The average Bonchev–Trinajstić information content (AvgIpc) is 3.05. The van der Waals surface area contributed by atoms with Gasteiger partial charge in [-0.25, -0.2) is 0 Å². The molecule has 0 spiro atoms. The number of aryl methyl sites for hydroxylation is 1. The van der Waals surface area contributed by atoms with E-state index in [9.17, 15) is 4.79 Å². The average molecular weight is 321 g/mol. The van der Waals surface area contributed by atoms with Gasteiger partial charge in [0.2, 0.25) is 11.7 Å². The zero-order valence-corrected chi connectivity index (χ0v) is 13.7. The quantitative estimate of drug-likeness (QED) is 0.850. The molecule has 5 nitrogen and oxygen atoms in total. The zero-order chi connectivity index (χ0) is 15.9. The van der Waals surface area contributed by atoms with E-state index in [4.69, 9.17) is 14.2 Å². The van der Waals surface area contributed by atoms with Gasteiger partial charge in [0.15, 0.2) is 11.5 Å². The molecule has 1 aromatic carbocycles. The highest BCUT2D eigenvalue weighted by Gasteiger charge is 2.14. The van der Waals surface area contributed by atoms with E-state index < -0.39 is 0 Å². The molecule has 0 bridgehead atoms. The van der Waals surface area contributed by atoms with Gasteiger partial charge in [-0.2, -0.15) is 0 Å². The Bertz CT molecular complexity index is 600. The molecule has 118 valence electrons. The fraction of sp³-hybridized carbons (Fsp3) is 0.312. The lowest BCUT2D eigenvalue weighted by Crippen LogP contribution is -2.12. The Balaban J connectivity index is 2.06. The van der Waals surface area contributed by atoms with Gasteiger partial charge in [0.1, 0.15) is 0 Å². The van der Waals surface area contributed by atoms with E-state index in [1.54, 1.807) is 44.8 Å². The Morgan fingerprint density at radius 3 is 2.32 bits per heavy atom. The van der Waals surface area contributed by atoms with Crippen LogP contribution in [0, 0.1) is 0 Å². The molecular formula is C16H19NO4S. The summed E-state index contributed by atoms with van der Waals surface area (Å²) in [7, 11) is 4.62. The van der Waals surface area contributed by atoms with Crippen LogP contribution in [0.25, 0.3) is 0 Å². The van der Waals surface area contributed by atoms with Crippen molar-refractivity contribution < 1.29 is 19.0 Å². The lowest BCUT2D eigenvalue weighted by atomic mass is 10.2. The summed E-state index contributed by atoms with van der Waals surface area (Å²) in [5, 5.41) is 4.86. The van der Waals surface area contributed by atoms with Gasteiger partial charge in [-0.1, -0.05) is 6.07 Å². The molecular weight excluding hydrogens is 302 g/mol. The summed E-state index contributed by atoms with van der Waals surface area (Å²) in [4.78, 5) is 13.2. The molecule has 0 aliphatic rings. The summed E-state index contributed by atoms with van der Waals surface area (Å²) < 4.78 is 15.8. The van der Waals surface area contributed by atoms with Gasteiger partial charge in [-0.3, -0.25) is 4.79 Å². The van der Waals surface area contributed by atoms with Crippen LogP contribution >= 0.6 is 11.3 Å². The number of benzene rings is 1. The van der Waals surface area contributed by atoms with Crippen LogP contribution in [0.5, 0.6) is 17.2 Å². The Kier molecular flexibility index (Phi) is 5.66. The number of ether oxygens (including phenoxy) is 3.